The summed E-state index contributed by atoms with van der Waals surface area (Å²) in [4.78, 5) is 25.4. The standard InChI is InChI=1S/C30H44O7/c1-26(2)12-13-30(25(35)36)11-6-16-15(20(30)23(26)32)14-17-21(37-17)22-27(16,3)9-7-18-28(22,4)10-8-19(31)29(18,5)24(33)34/h17-23,31-32H,6-14H2,1-5H3,(H,33,34)(H,35,36). The Kier molecular flexibility index (Phi) is 5.30. The number of carboxylic acid groups (broad SMARTS) is 2. The number of ether oxygens (including phenoxy) is 1. The molecular formula is C30H44O7. The molecule has 1 heterocycles. The molecule has 37 heavy (non-hydrogen) atoms. The van der Waals surface area contributed by atoms with E-state index in [0.717, 1.165) is 24.8 Å². The third-order valence-electron chi connectivity index (χ3n) is 13.0. The average Bonchev–Trinajstić information content (AvgIpc) is 3.57. The van der Waals surface area contributed by atoms with E-state index in [1.165, 1.54) is 5.57 Å². The summed E-state index contributed by atoms with van der Waals surface area (Å²) in [5, 5.41) is 43.5. The lowest BCUT2D eigenvalue weighted by molar-refractivity contribution is -0.199. The summed E-state index contributed by atoms with van der Waals surface area (Å²) in [6, 6.07) is 0. The monoisotopic (exact) mass is 516 g/mol. The van der Waals surface area contributed by atoms with E-state index in [2.05, 4.69) is 27.7 Å². The van der Waals surface area contributed by atoms with E-state index in [1.54, 1.807) is 6.92 Å². The number of epoxide rings is 1. The highest BCUT2D eigenvalue weighted by Gasteiger charge is 2.72. The first-order chi connectivity index (χ1) is 17.1. The Bertz CT molecular complexity index is 1080. The molecule has 0 aromatic heterocycles. The molecule has 4 fully saturated rings. The number of hydrogen-bond acceptors (Lipinski definition) is 5. The number of aliphatic hydroxyl groups is 2. The van der Waals surface area contributed by atoms with Crippen LogP contribution >= 0.6 is 0 Å². The highest BCUT2D eigenvalue weighted by atomic mass is 16.6. The third-order valence-corrected chi connectivity index (χ3v) is 13.0. The Labute approximate surface area is 219 Å². The normalized spacial score (nSPS) is 54.0. The van der Waals surface area contributed by atoms with Gasteiger partial charge in [0.15, 0.2) is 0 Å². The largest absolute Gasteiger partial charge is 0.481 e. The van der Waals surface area contributed by atoms with Crippen LogP contribution in [0.1, 0.15) is 92.4 Å². The maximum Gasteiger partial charge on any atom is 0.312 e. The van der Waals surface area contributed by atoms with Gasteiger partial charge in [-0.05, 0) is 86.9 Å². The average molecular weight is 517 g/mol. The number of allylic oxidation sites excluding steroid dienone is 1. The van der Waals surface area contributed by atoms with E-state index in [4.69, 9.17) is 4.74 Å². The molecule has 0 spiro atoms. The zero-order valence-corrected chi connectivity index (χ0v) is 22.9. The van der Waals surface area contributed by atoms with Crippen LogP contribution in [0.15, 0.2) is 11.1 Å². The van der Waals surface area contributed by atoms with Crippen LogP contribution in [0.3, 0.4) is 0 Å². The molecule has 11 atom stereocenters. The minimum absolute atomic E-state index is 0.00431. The fraction of sp³-hybridized carbons (Fsp3) is 0.867. The predicted molar refractivity (Wildman–Crippen MR) is 136 cm³/mol. The van der Waals surface area contributed by atoms with Crippen molar-refractivity contribution < 1.29 is 34.8 Å². The highest BCUT2D eigenvalue weighted by Crippen LogP contribution is 2.73. The van der Waals surface area contributed by atoms with Crippen molar-refractivity contribution in [1.82, 2.24) is 0 Å². The number of carboxylic acids is 2. The number of hydrogen-bond donors (Lipinski definition) is 4. The number of rotatable bonds is 2. The summed E-state index contributed by atoms with van der Waals surface area (Å²) in [6.45, 7) is 10.4. The van der Waals surface area contributed by atoms with E-state index in [-0.39, 0.29) is 40.3 Å². The van der Waals surface area contributed by atoms with Crippen molar-refractivity contribution in [3.63, 3.8) is 0 Å². The quantitative estimate of drug-likeness (QED) is 0.316. The van der Waals surface area contributed by atoms with Gasteiger partial charge in [-0.25, -0.2) is 0 Å². The first-order valence-electron chi connectivity index (χ1n) is 14.4. The van der Waals surface area contributed by atoms with E-state index in [9.17, 15) is 30.0 Å². The summed E-state index contributed by atoms with van der Waals surface area (Å²) >= 11 is 0. The van der Waals surface area contributed by atoms with Gasteiger partial charge in [0.2, 0.25) is 0 Å². The molecule has 1 saturated heterocycles. The smallest absolute Gasteiger partial charge is 0.312 e. The Morgan fingerprint density at radius 2 is 1.59 bits per heavy atom. The van der Waals surface area contributed by atoms with E-state index < -0.39 is 40.9 Å². The van der Waals surface area contributed by atoms with Gasteiger partial charge in [-0.15, -0.1) is 0 Å². The van der Waals surface area contributed by atoms with Crippen LogP contribution in [-0.2, 0) is 14.3 Å². The van der Waals surface area contributed by atoms with Gasteiger partial charge in [-0.2, -0.15) is 0 Å². The van der Waals surface area contributed by atoms with E-state index in [1.807, 2.05) is 0 Å². The van der Waals surface area contributed by atoms with Crippen LogP contribution in [0.2, 0.25) is 0 Å². The van der Waals surface area contributed by atoms with Gasteiger partial charge in [-0.1, -0.05) is 38.8 Å². The van der Waals surface area contributed by atoms with Gasteiger partial charge in [0.1, 0.15) is 0 Å². The van der Waals surface area contributed by atoms with E-state index >= 15 is 0 Å². The Morgan fingerprint density at radius 3 is 2.24 bits per heavy atom. The Balaban J connectivity index is 1.50. The lowest BCUT2D eigenvalue weighted by atomic mass is 9.40. The minimum atomic E-state index is -1.20. The van der Waals surface area contributed by atoms with Crippen molar-refractivity contribution >= 4 is 11.9 Å². The van der Waals surface area contributed by atoms with Crippen molar-refractivity contribution in [2.75, 3.05) is 0 Å². The fourth-order valence-electron chi connectivity index (χ4n) is 10.7. The number of aliphatic carboxylic acids is 2. The first kappa shape index (κ1) is 25.8. The predicted octanol–water partition coefficient (Wildman–Crippen LogP) is 4.40. The lowest BCUT2D eigenvalue weighted by Crippen LogP contribution is -2.63. The third kappa shape index (κ3) is 3.05. The van der Waals surface area contributed by atoms with Crippen LogP contribution < -0.4 is 0 Å². The van der Waals surface area contributed by atoms with Crippen LogP contribution in [0.25, 0.3) is 0 Å². The second-order valence-electron chi connectivity index (χ2n) is 14.9. The zero-order valence-electron chi connectivity index (χ0n) is 22.9. The van der Waals surface area contributed by atoms with Crippen molar-refractivity contribution in [3.8, 4) is 0 Å². The highest BCUT2D eigenvalue weighted by molar-refractivity contribution is 5.77. The molecule has 0 aromatic carbocycles. The molecule has 206 valence electrons. The summed E-state index contributed by atoms with van der Waals surface area (Å²) in [7, 11) is 0. The number of carbonyl (C=O) groups is 2. The van der Waals surface area contributed by atoms with Crippen LogP contribution in [0.4, 0.5) is 0 Å². The molecule has 1 aliphatic heterocycles. The van der Waals surface area contributed by atoms with Crippen molar-refractivity contribution in [3.05, 3.63) is 11.1 Å². The lowest BCUT2D eigenvalue weighted by Gasteiger charge is -2.64. The fourth-order valence-corrected chi connectivity index (χ4v) is 10.7. The molecule has 6 aliphatic rings. The molecule has 0 bridgehead atoms. The van der Waals surface area contributed by atoms with Gasteiger partial charge in [-0.3, -0.25) is 9.59 Å². The van der Waals surface area contributed by atoms with Crippen molar-refractivity contribution in [2.45, 2.75) is 117 Å². The summed E-state index contributed by atoms with van der Waals surface area (Å²) in [5.74, 6) is -2.17. The maximum absolute atomic E-state index is 12.8. The molecule has 3 saturated carbocycles. The molecule has 4 N–H and O–H groups in total. The van der Waals surface area contributed by atoms with Crippen LogP contribution in [-0.4, -0.2) is 56.8 Å². The summed E-state index contributed by atoms with van der Waals surface area (Å²) < 4.78 is 6.40. The van der Waals surface area contributed by atoms with Gasteiger partial charge in [0.05, 0.1) is 35.2 Å². The molecule has 6 rings (SSSR count). The molecule has 0 radical (unpaired) electrons. The number of aliphatic hydroxyl groups excluding tert-OH is 2. The molecule has 11 unspecified atom stereocenters. The Morgan fingerprint density at radius 1 is 0.892 bits per heavy atom. The van der Waals surface area contributed by atoms with Crippen molar-refractivity contribution in [2.24, 2.45) is 44.8 Å². The Hall–Kier alpha value is -1.44. The SMILES string of the molecule is CC1(C)CCC2(C(=O)O)CCC3=C(CC4OC4C4C3(C)CCC3C4(C)CCC(O)C3(C)C(=O)O)C2C1O. The van der Waals surface area contributed by atoms with Gasteiger partial charge >= 0.3 is 11.9 Å². The second kappa shape index (κ2) is 7.60. The maximum atomic E-state index is 12.8. The van der Waals surface area contributed by atoms with Crippen LogP contribution in [0, 0.1) is 44.8 Å². The van der Waals surface area contributed by atoms with Gasteiger partial charge in [0, 0.05) is 11.8 Å². The second-order valence-corrected chi connectivity index (χ2v) is 14.9. The molecular weight excluding hydrogens is 472 g/mol. The topological polar surface area (TPSA) is 128 Å². The molecule has 7 heteroatoms. The molecule has 7 nitrogen and oxygen atoms in total. The molecule has 5 aliphatic carbocycles. The molecule has 0 amide bonds. The minimum Gasteiger partial charge on any atom is -0.481 e. The summed E-state index contributed by atoms with van der Waals surface area (Å²) in [6.07, 6.45) is 4.32. The van der Waals surface area contributed by atoms with Gasteiger partial charge in [0.25, 0.3) is 0 Å². The van der Waals surface area contributed by atoms with Gasteiger partial charge < -0.3 is 25.2 Å². The summed E-state index contributed by atoms with van der Waals surface area (Å²) in [5.41, 5.74) is -0.595. The van der Waals surface area contributed by atoms with Crippen molar-refractivity contribution in [1.29, 1.82) is 0 Å². The first-order valence-corrected chi connectivity index (χ1v) is 14.4. The van der Waals surface area contributed by atoms with E-state index in [0.29, 0.717) is 38.5 Å². The van der Waals surface area contributed by atoms with Crippen LogP contribution in [0.5, 0.6) is 0 Å². The zero-order chi connectivity index (χ0) is 26.9. The molecule has 0 aromatic rings. The number of fused-ring (bicyclic) bond motifs is 8.